The van der Waals surface area contributed by atoms with E-state index in [0.717, 1.165) is 84.7 Å². The van der Waals surface area contributed by atoms with Crippen molar-refractivity contribution in [1.82, 2.24) is 26.6 Å². The van der Waals surface area contributed by atoms with E-state index in [1.54, 1.807) is 6.92 Å². The lowest BCUT2D eigenvalue weighted by Crippen LogP contribution is -2.28. The predicted molar refractivity (Wildman–Crippen MR) is 107 cm³/mol. The number of hydrogen-bond acceptors (Lipinski definition) is 6. The molecule has 0 bridgehead atoms. The van der Waals surface area contributed by atoms with Crippen LogP contribution in [0.15, 0.2) is 0 Å². The highest BCUT2D eigenvalue weighted by molar-refractivity contribution is 5.72. The minimum absolute atomic E-state index is 0.0500. The minimum atomic E-state index is 0.0500. The Morgan fingerprint density at radius 3 is 1.36 bits per heavy atom. The molecule has 7 N–H and O–H groups in total. The molecule has 0 rings (SSSR count). The van der Waals surface area contributed by atoms with Crippen molar-refractivity contribution in [2.75, 3.05) is 65.4 Å². The highest BCUT2D eigenvalue weighted by Crippen LogP contribution is 1.85. The molecule has 0 atom stereocenters. The van der Waals surface area contributed by atoms with Gasteiger partial charge in [-0.25, -0.2) is 0 Å². The molecule has 0 aromatic heterocycles. The third kappa shape index (κ3) is 23.3. The van der Waals surface area contributed by atoms with Crippen LogP contribution in [0.1, 0.15) is 45.4 Å². The lowest BCUT2D eigenvalue weighted by Gasteiger charge is -2.08. The van der Waals surface area contributed by atoms with E-state index in [0.29, 0.717) is 0 Å². The summed E-state index contributed by atoms with van der Waals surface area (Å²) >= 11 is 0. The Hall–Kier alpha value is -0.730. The average Bonchev–Trinajstić information content (AvgIpc) is 2.60. The average molecular weight is 359 g/mol. The summed E-state index contributed by atoms with van der Waals surface area (Å²) in [5.74, 6) is 0.0500. The van der Waals surface area contributed by atoms with Crippen LogP contribution in [0.25, 0.3) is 0 Å². The van der Waals surface area contributed by atoms with Crippen LogP contribution in [-0.2, 0) is 4.79 Å². The fraction of sp³-hybridized carbons (Fsp3) is 0.944. The molecule has 25 heavy (non-hydrogen) atoms. The Morgan fingerprint density at radius 2 is 0.960 bits per heavy atom. The first kappa shape index (κ1) is 24.3. The van der Waals surface area contributed by atoms with Crippen LogP contribution >= 0.6 is 0 Å². The number of hydrogen-bond donors (Lipinski definition) is 6. The van der Waals surface area contributed by atoms with E-state index in [4.69, 9.17) is 5.73 Å². The fourth-order valence-corrected chi connectivity index (χ4v) is 2.38. The van der Waals surface area contributed by atoms with Crippen LogP contribution in [0.2, 0.25) is 0 Å². The van der Waals surface area contributed by atoms with Crippen molar-refractivity contribution in [1.29, 1.82) is 0 Å². The van der Waals surface area contributed by atoms with Crippen LogP contribution in [0.4, 0.5) is 0 Å². The van der Waals surface area contributed by atoms with Crippen molar-refractivity contribution < 1.29 is 4.79 Å². The number of amides is 1. The molecule has 7 nitrogen and oxygen atoms in total. The van der Waals surface area contributed by atoms with Gasteiger partial charge in [-0.2, -0.15) is 0 Å². The van der Waals surface area contributed by atoms with Crippen LogP contribution in [-0.4, -0.2) is 71.4 Å². The number of carbonyl (C=O) groups is 1. The molecular weight excluding hydrogens is 316 g/mol. The standard InChI is InChI=1S/C18H42N6O/c1-18(25)24-17-7-16-23-15-6-14-22-13-5-12-21-10-3-2-9-20-11-4-8-19/h20-23H,2-17,19H2,1H3,(H,24,25). The third-order valence-electron chi connectivity index (χ3n) is 3.83. The Morgan fingerprint density at radius 1 is 0.600 bits per heavy atom. The van der Waals surface area contributed by atoms with Gasteiger partial charge in [-0.05, 0) is 97.4 Å². The van der Waals surface area contributed by atoms with E-state index in [2.05, 4.69) is 26.6 Å². The van der Waals surface area contributed by atoms with E-state index in [9.17, 15) is 4.79 Å². The molecule has 0 saturated heterocycles. The zero-order valence-corrected chi connectivity index (χ0v) is 16.3. The second-order valence-corrected chi connectivity index (χ2v) is 6.39. The summed E-state index contributed by atoms with van der Waals surface area (Å²) in [6.45, 7) is 11.6. The normalized spacial score (nSPS) is 11.0. The van der Waals surface area contributed by atoms with Crippen molar-refractivity contribution in [2.24, 2.45) is 5.73 Å². The molecule has 0 aliphatic rings. The molecule has 0 fully saturated rings. The van der Waals surface area contributed by atoms with Crippen LogP contribution in [0, 0.1) is 0 Å². The summed E-state index contributed by atoms with van der Waals surface area (Å²) in [6.07, 6.45) is 6.84. The summed E-state index contributed by atoms with van der Waals surface area (Å²) in [5, 5.41) is 16.6. The maximum atomic E-state index is 10.7. The molecule has 0 unspecified atom stereocenters. The number of carbonyl (C=O) groups excluding carboxylic acids is 1. The fourth-order valence-electron chi connectivity index (χ4n) is 2.38. The van der Waals surface area contributed by atoms with Gasteiger partial charge in [-0.15, -0.1) is 0 Å². The molecule has 0 aromatic carbocycles. The summed E-state index contributed by atoms with van der Waals surface area (Å²) < 4.78 is 0. The van der Waals surface area contributed by atoms with Gasteiger partial charge in [0.15, 0.2) is 0 Å². The largest absolute Gasteiger partial charge is 0.356 e. The summed E-state index contributed by atoms with van der Waals surface area (Å²) in [4.78, 5) is 10.7. The monoisotopic (exact) mass is 358 g/mol. The molecule has 0 aliphatic heterocycles. The van der Waals surface area contributed by atoms with Gasteiger partial charge in [0.1, 0.15) is 0 Å². The number of unbranched alkanes of at least 4 members (excludes halogenated alkanes) is 1. The number of nitrogens with two attached hydrogens (primary N) is 1. The van der Waals surface area contributed by atoms with Crippen molar-refractivity contribution in [2.45, 2.75) is 45.4 Å². The predicted octanol–water partition coefficient (Wildman–Crippen LogP) is -0.220. The Kier molecular flexibility index (Phi) is 20.7. The molecule has 0 aliphatic carbocycles. The molecule has 0 radical (unpaired) electrons. The van der Waals surface area contributed by atoms with Crippen molar-refractivity contribution in [3.63, 3.8) is 0 Å². The molecule has 7 heteroatoms. The first-order valence-corrected chi connectivity index (χ1v) is 10.0. The van der Waals surface area contributed by atoms with Gasteiger partial charge in [-0.3, -0.25) is 4.79 Å². The minimum Gasteiger partial charge on any atom is -0.356 e. The van der Waals surface area contributed by atoms with Crippen LogP contribution < -0.4 is 32.3 Å². The van der Waals surface area contributed by atoms with E-state index >= 15 is 0 Å². The Balaban J connectivity index is 2.97. The molecular formula is C18H42N6O. The molecule has 150 valence electrons. The van der Waals surface area contributed by atoms with E-state index in [1.807, 2.05) is 0 Å². The van der Waals surface area contributed by atoms with Crippen LogP contribution in [0.5, 0.6) is 0 Å². The second-order valence-electron chi connectivity index (χ2n) is 6.39. The third-order valence-corrected chi connectivity index (χ3v) is 3.83. The summed E-state index contributed by atoms with van der Waals surface area (Å²) in [6, 6.07) is 0. The van der Waals surface area contributed by atoms with Gasteiger partial charge < -0.3 is 32.3 Å². The van der Waals surface area contributed by atoms with Crippen molar-refractivity contribution >= 4 is 5.91 Å². The van der Waals surface area contributed by atoms with Gasteiger partial charge in [0.05, 0.1) is 0 Å². The second kappa shape index (κ2) is 21.3. The van der Waals surface area contributed by atoms with Gasteiger partial charge in [0.2, 0.25) is 5.91 Å². The van der Waals surface area contributed by atoms with E-state index in [1.165, 1.54) is 19.3 Å². The van der Waals surface area contributed by atoms with Gasteiger partial charge in [0, 0.05) is 13.5 Å². The van der Waals surface area contributed by atoms with Crippen LogP contribution in [0.3, 0.4) is 0 Å². The molecule has 0 spiro atoms. The number of rotatable bonds is 20. The first-order chi connectivity index (χ1) is 12.3. The first-order valence-electron chi connectivity index (χ1n) is 10.0. The quantitative estimate of drug-likeness (QED) is 0.168. The maximum absolute atomic E-state index is 10.7. The molecule has 1 amide bonds. The molecule has 0 saturated carbocycles. The molecule has 0 aromatic rings. The molecule has 0 heterocycles. The highest BCUT2D eigenvalue weighted by Gasteiger charge is 1.93. The SMILES string of the molecule is CC(=O)NCCCNCCCNCCCNCCCCNCCCN. The van der Waals surface area contributed by atoms with Crippen molar-refractivity contribution in [3.8, 4) is 0 Å². The number of nitrogens with one attached hydrogen (secondary N) is 5. The topological polar surface area (TPSA) is 103 Å². The highest BCUT2D eigenvalue weighted by atomic mass is 16.1. The smallest absolute Gasteiger partial charge is 0.216 e. The lowest BCUT2D eigenvalue weighted by molar-refractivity contribution is -0.118. The maximum Gasteiger partial charge on any atom is 0.216 e. The van der Waals surface area contributed by atoms with E-state index < -0.39 is 0 Å². The Bertz CT molecular complexity index is 278. The zero-order valence-electron chi connectivity index (χ0n) is 16.3. The van der Waals surface area contributed by atoms with Gasteiger partial charge in [-0.1, -0.05) is 0 Å². The van der Waals surface area contributed by atoms with Gasteiger partial charge in [0.25, 0.3) is 0 Å². The zero-order chi connectivity index (χ0) is 18.4. The summed E-state index contributed by atoms with van der Waals surface area (Å²) in [5.41, 5.74) is 5.44. The van der Waals surface area contributed by atoms with E-state index in [-0.39, 0.29) is 5.91 Å². The van der Waals surface area contributed by atoms with Crippen molar-refractivity contribution in [3.05, 3.63) is 0 Å². The lowest BCUT2D eigenvalue weighted by atomic mass is 10.3. The van der Waals surface area contributed by atoms with Gasteiger partial charge >= 0.3 is 0 Å². The Labute approximate surface area is 154 Å². The summed E-state index contributed by atoms with van der Waals surface area (Å²) in [7, 11) is 0.